The molecule has 1 unspecified atom stereocenters. The highest BCUT2D eigenvalue weighted by molar-refractivity contribution is 7.92. The minimum absolute atomic E-state index is 0.0311. The van der Waals surface area contributed by atoms with Gasteiger partial charge in [0.25, 0.3) is 10.0 Å². The molecule has 0 aliphatic heterocycles. The molecule has 2 N–H and O–H groups in total. The predicted molar refractivity (Wildman–Crippen MR) is 153 cm³/mol. The van der Waals surface area contributed by atoms with Crippen molar-refractivity contribution in [2.45, 2.75) is 121 Å². The lowest BCUT2D eigenvalue weighted by Gasteiger charge is -2.25. The minimum atomic E-state index is -4.08. The molecule has 1 aromatic carbocycles. The fraction of sp³-hybridized carbons (Fsp3) is 0.600. The Labute approximate surface area is 229 Å². The first-order chi connectivity index (χ1) is 18.1. The van der Waals surface area contributed by atoms with Crippen LogP contribution in [0, 0.1) is 0 Å². The maximum atomic E-state index is 13.4. The molecule has 7 nitrogen and oxygen atoms in total. The number of unbranched alkanes of at least 4 members (excludes halogenated alkanes) is 9. The van der Waals surface area contributed by atoms with Crippen LogP contribution in [0.5, 0.6) is 5.75 Å². The second-order valence-electron chi connectivity index (χ2n) is 10.6. The molecule has 8 heteroatoms. The van der Waals surface area contributed by atoms with Gasteiger partial charge in [-0.05, 0) is 54.5 Å². The molecule has 1 aromatic heterocycles. The molecule has 1 atom stereocenters. The van der Waals surface area contributed by atoms with Crippen molar-refractivity contribution >= 4 is 21.8 Å². The Morgan fingerprint density at radius 2 is 1.61 bits per heavy atom. The van der Waals surface area contributed by atoms with E-state index in [0.717, 1.165) is 31.2 Å². The first-order valence-electron chi connectivity index (χ1n) is 14.1. The van der Waals surface area contributed by atoms with E-state index < -0.39 is 22.1 Å². The molecule has 0 bridgehead atoms. The maximum absolute atomic E-state index is 13.4. The number of aromatic nitrogens is 1. The van der Waals surface area contributed by atoms with Crippen molar-refractivity contribution in [2.75, 3.05) is 4.72 Å². The lowest BCUT2D eigenvalue weighted by Crippen LogP contribution is -2.28. The quantitative estimate of drug-likeness (QED) is 0.175. The monoisotopic (exact) mass is 546 g/mol. The number of carboxylic acid groups (broad SMARTS) is 1. The molecular weight excluding hydrogens is 500 g/mol. The van der Waals surface area contributed by atoms with Gasteiger partial charge in [0.2, 0.25) is 0 Å². The summed E-state index contributed by atoms with van der Waals surface area (Å²) in [4.78, 5) is 16.0. The van der Waals surface area contributed by atoms with Gasteiger partial charge < -0.3 is 9.84 Å². The zero-order chi connectivity index (χ0) is 28.0. The number of carboxylic acids is 1. The van der Waals surface area contributed by atoms with Crippen LogP contribution in [0.25, 0.3) is 0 Å². The lowest BCUT2D eigenvalue weighted by atomic mass is 9.82. The highest BCUT2D eigenvalue weighted by Gasteiger charge is 2.28. The number of carbonyl (C=O) groups is 1. The van der Waals surface area contributed by atoms with E-state index in [4.69, 9.17) is 4.74 Å². The summed E-state index contributed by atoms with van der Waals surface area (Å²) in [6.45, 7) is 8.33. The third kappa shape index (κ3) is 10.3. The molecule has 0 saturated heterocycles. The molecule has 2 rings (SSSR count). The van der Waals surface area contributed by atoms with E-state index in [0.29, 0.717) is 12.8 Å². The van der Waals surface area contributed by atoms with Gasteiger partial charge in [-0.15, -0.1) is 0 Å². The SMILES string of the molecule is CCCCCCCCCCCCC(Oc1ccc(C(C)(C)CC)cc1S(=O)(=O)Nc1ccccn1)C(=O)O. The summed E-state index contributed by atoms with van der Waals surface area (Å²) in [5.74, 6) is -0.887. The van der Waals surface area contributed by atoms with Crippen LogP contribution in [0.1, 0.15) is 110 Å². The number of rotatable bonds is 19. The van der Waals surface area contributed by atoms with E-state index in [2.05, 4.69) is 16.6 Å². The number of benzene rings is 1. The number of hydrogen-bond donors (Lipinski definition) is 2. The number of ether oxygens (including phenoxy) is 1. The summed E-state index contributed by atoms with van der Waals surface area (Å²) in [7, 11) is -4.08. The Morgan fingerprint density at radius 1 is 0.974 bits per heavy atom. The maximum Gasteiger partial charge on any atom is 0.344 e. The zero-order valence-electron chi connectivity index (χ0n) is 23.5. The number of pyridine rings is 1. The smallest absolute Gasteiger partial charge is 0.344 e. The number of aliphatic carboxylic acids is 1. The molecule has 0 aliphatic carbocycles. The Morgan fingerprint density at radius 3 is 2.16 bits per heavy atom. The lowest BCUT2D eigenvalue weighted by molar-refractivity contribution is -0.145. The first-order valence-corrected chi connectivity index (χ1v) is 15.6. The second kappa shape index (κ2) is 15.7. The number of nitrogens with zero attached hydrogens (tertiary/aromatic N) is 1. The van der Waals surface area contributed by atoms with Gasteiger partial charge in [-0.25, -0.2) is 18.2 Å². The molecular formula is C30H46N2O5S. The Kier molecular flexibility index (Phi) is 13.1. The topological polar surface area (TPSA) is 106 Å². The van der Waals surface area contributed by atoms with Gasteiger partial charge >= 0.3 is 5.97 Å². The van der Waals surface area contributed by atoms with Gasteiger partial charge in [0.1, 0.15) is 16.5 Å². The first kappa shape index (κ1) is 31.6. The molecule has 2 aromatic rings. The number of sulfonamides is 1. The van der Waals surface area contributed by atoms with Crippen LogP contribution >= 0.6 is 0 Å². The molecule has 0 saturated carbocycles. The van der Waals surface area contributed by atoms with Crippen molar-refractivity contribution in [3.8, 4) is 5.75 Å². The predicted octanol–water partition coefficient (Wildman–Crippen LogP) is 7.71. The van der Waals surface area contributed by atoms with E-state index in [1.807, 2.05) is 26.8 Å². The van der Waals surface area contributed by atoms with Crippen molar-refractivity contribution in [3.63, 3.8) is 0 Å². The number of anilines is 1. The summed E-state index contributed by atoms with van der Waals surface area (Å²) >= 11 is 0. The van der Waals surface area contributed by atoms with E-state index in [1.165, 1.54) is 44.7 Å². The molecule has 1 heterocycles. The highest BCUT2D eigenvalue weighted by atomic mass is 32.2. The van der Waals surface area contributed by atoms with Crippen molar-refractivity contribution in [1.82, 2.24) is 4.98 Å². The molecule has 38 heavy (non-hydrogen) atoms. The zero-order valence-corrected chi connectivity index (χ0v) is 24.4. The largest absolute Gasteiger partial charge is 0.479 e. The summed E-state index contributed by atoms with van der Waals surface area (Å²) in [6.07, 6.45) is 13.0. The summed E-state index contributed by atoms with van der Waals surface area (Å²) < 4.78 is 35.2. The highest BCUT2D eigenvalue weighted by Crippen LogP contribution is 2.34. The van der Waals surface area contributed by atoms with Gasteiger partial charge in [0.15, 0.2) is 6.10 Å². The Hall–Kier alpha value is -2.61. The number of hydrogen-bond acceptors (Lipinski definition) is 5. The van der Waals surface area contributed by atoms with Crippen LogP contribution in [-0.2, 0) is 20.2 Å². The number of nitrogens with one attached hydrogen (secondary N) is 1. The van der Waals surface area contributed by atoms with E-state index in [1.54, 1.807) is 30.3 Å². The van der Waals surface area contributed by atoms with Gasteiger partial charge in [0, 0.05) is 6.20 Å². The van der Waals surface area contributed by atoms with Gasteiger partial charge in [-0.3, -0.25) is 4.72 Å². The van der Waals surface area contributed by atoms with Crippen molar-refractivity contribution in [3.05, 3.63) is 48.2 Å². The molecule has 0 radical (unpaired) electrons. The Balaban J connectivity index is 2.11. The fourth-order valence-corrected chi connectivity index (χ4v) is 5.43. The van der Waals surface area contributed by atoms with E-state index >= 15 is 0 Å². The average molecular weight is 547 g/mol. The average Bonchev–Trinajstić information content (AvgIpc) is 2.89. The van der Waals surface area contributed by atoms with E-state index in [-0.39, 0.29) is 21.9 Å². The van der Waals surface area contributed by atoms with Gasteiger partial charge in [-0.1, -0.05) is 97.6 Å². The van der Waals surface area contributed by atoms with Crippen LogP contribution < -0.4 is 9.46 Å². The fourth-order valence-electron chi connectivity index (χ4n) is 4.26. The van der Waals surface area contributed by atoms with Crippen LogP contribution in [0.4, 0.5) is 5.82 Å². The third-order valence-electron chi connectivity index (χ3n) is 7.17. The third-order valence-corrected chi connectivity index (χ3v) is 8.54. The second-order valence-corrected chi connectivity index (χ2v) is 12.3. The minimum Gasteiger partial charge on any atom is -0.479 e. The summed E-state index contributed by atoms with van der Waals surface area (Å²) in [5.41, 5.74) is 0.561. The molecule has 0 spiro atoms. The molecule has 0 aliphatic rings. The molecule has 0 fully saturated rings. The van der Waals surface area contributed by atoms with Crippen molar-refractivity contribution in [1.29, 1.82) is 0 Å². The van der Waals surface area contributed by atoms with Gasteiger partial charge in [-0.2, -0.15) is 0 Å². The van der Waals surface area contributed by atoms with Gasteiger partial charge in [0.05, 0.1) is 0 Å². The molecule has 0 amide bonds. The van der Waals surface area contributed by atoms with Crippen LogP contribution in [-0.4, -0.2) is 30.6 Å². The van der Waals surface area contributed by atoms with Crippen molar-refractivity contribution in [2.24, 2.45) is 0 Å². The molecule has 212 valence electrons. The summed E-state index contributed by atoms with van der Waals surface area (Å²) in [5, 5.41) is 9.83. The van der Waals surface area contributed by atoms with Crippen LogP contribution in [0.15, 0.2) is 47.5 Å². The van der Waals surface area contributed by atoms with Crippen molar-refractivity contribution < 1.29 is 23.1 Å². The van der Waals surface area contributed by atoms with Crippen LogP contribution in [0.3, 0.4) is 0 Å². The standard InChI is InChI=1S/C30H46N2O5S/c1-5-7-8-9-10-11-12-13-14-15-18-26(29(33)34)37-25-21-20-24(30(3,4)6-2)23-27(25)38(35,36)32-28-19-16-17-22-31-28/h16-17,19-23,26H,5-15,18H2,1-4H3,(H,31,32)(H,33,34). The summed E-state index contributed by atoms with van der Waals surface area (Å²) in [6, 6.07) is 9.92. The van der Waals surface area contributed by atoms with E-state index in [9.17, 15) is 18.3 Å². The van der Waals surface area contributed by atoms with Crippen LogP contribution in [0.2, 0.25) is 0 Å². The normalized spacial score (nSPS) is 12.7. The Bertz CT molecular complexity index is 1090.